The summed E-state index contributed by atoms with van der Waals surface area (Å²) in [5.74, 6) is 1.33. The van der Waals surface area contributed by atoms with Crippen LogP contribution in [0, 0.1) is 6.57 Å². The summed E-state index contributed by atoms with van der Waals surface area (Å²) in [5.41, 5.74) is 3.09. The first kappa shape index (κ1) is 20.8. The third-order valence-corrected chi connectivity index (χ3v) is 7.49. The van der Waals surface area contributed by atoms with Gasteiger partial charge in [0.15, 0.2) is 5.69 Å². The van der Waals surface area contributed by atoms with Gasteiger partial charge in [-0.05, 0) is 49.3 Å². The number of thiophene rings is 1. The third-order valence-electron chi connectivity index (χ3n) is 5.88. The summed E-state index contributed by atoms with van der Waals surface area (Å²) < 4.78 is 12.1. The van der Waals surface area contributed by atoms with E-state index in [2.05, 4.69) is 14.9 Å². The molecule has 1 saturated carbocycles. The number of ether oxygens (including phenoxy) is 1. The molecule has 1 aromatic carbocycles. The molecule has 3 heterocycles. The molecule has 2 fully saturated rings. The maximum Gasteiger partial charge on any atom is 0.199 e. The van der Waals surface area contributed by atoms with Crippen molar-refractivity contribution in [3.05, 3.63) is 62.4 Å². The van der Waals surface area contributed by atoms with Crippen molar-refractivity contribution in [1.29, 1.82) is 0 Å². The molecule has 5 nitrogen and oxygen atoms in total. The van der Waals surface area contributed by atoms with Crippen molar-refractivity contribution >= 4 is 45.2 Å². The van der Waals surface area contributed by atoms with E-state index in [1.807, 2.05) is 29.6 Å². The summed E-state index contributed by atoms with van der Waals surface area (Å²) in [6, 6.07) is 7.43. The second-order valence-electron chi connectivity index (χ2n) is 8.00. The number of anilines is 1. The minimum atomic E-state index is 0.174. The number of aromatic nitrogens is 1. The van der Waals surface area contributed by atoms with Crippen molar-refractivity contribution in [2.75, 3.05) is 18.0 Å². The van der Waals surface area contributed by atoms with Gasteiger partial charge in [-0.3, -0.25) is 0 Å². The van der Waals surface area contributed by atoms with Crippen molar-refractivity contribution in [2.24, 2.45) is 0 Å². The Bertz CT molecular complexity index is 1100. The molecule has 31 heavy (non-hydrogen) atoms. The molecule has 1 saturated heterocycles. The number of rotatable bonds is 6. The van der Waals surface area contributed by atoms with Crippen LogP contribution in [0.3, 0.4) is 0 Å². The lowest BCUT2D eigenvalue weighted by Crippen LogP contribution is -2.36. The van der Waals surface area contributed by atoms with Crippen LogP contribution in [-0.4, -0.2) is 24.4 Å². The van der Waals surface area contributed by atoms with Crippen LogP contribution in [0.2, 0.25) is 10.0 Å². The molecule has 160 valence electrons. The van der Waals surface area contributed by atoms with Crippen LogP contribution in [0.1, 0.15) is 42.9 Å². The Hall–Kier alpha value is -2.04. The number of nitrogens with zero attached hydrogens (tertiary/aromatic N) is 3. The lowest BCUT2D eigenvalue weighted by Gasteiger charge is -2.32. The summed E-state index contributed by atoms with van der Waals surface area (Å²) in [6.07, 6.45) is 4.29. The molecule has 1 aliphatic carbocycles. The summed E-state index contributed by atoms with van der Waals surface area (Å²) in [4.78, 5) is 5.84. The summed E-state index contributed by atoms with van der Waals surface area (Å²) in [5, 5.41) is 8.54. The number of hydrogen-bond donors (Lipinski definition) is 0. The summed E-state index contributed by atoms with van der Waals surface area (Å²) >= 11 is 14.5. The van der Waals surface area contributed by atoms with Gasteiger partial charge in [0.1, 0.15) is 11.5 Å². The van der Waals surface area contributed by atoms with E-state index in [4.69, 9.17) is 39.0 Å². The molecule has 0 unspecified atom stereocenters. The van der Waals surface area contributed by atoms with Crippen LogP contribution >= 0.6 is 34.5 Å². The van der Waals surface area contributed by atoms with E-state index < -0.39 is 0 Å². The Morgan fingerprint density at radius 1 is 1.19 bits per heavy atom. The van der Waals surface area contributed by atoms with Crippen LogP contribution in [-0.2, 0) is 11.3 Å². The Balaban J connectivity index is 1.29. The fourth-order valence-electron chi connectivity index (χ4n) is 4.03. The largest absolute Gasteiger partial charge is 0.373 e. The quantitative estimate of drug-likeness (QED) is 0.351. The molecule has 3 aromatic rings. The lowest BCUT2D eigenvalue weighted by molar-refractivity contribution is 0.0247. The van der Waals surface area contributed by atoms with Crippen LogP contribution in [0.15, 0.2) is 34.2 Å². The Morgan fingerprint density at radius 2 is 1.94 bits per heavy atom. The molecule has 2 aromatic heterocycles. The summed E-state index contributed by atoms with van der Waals surface area (Å²) in [7, 11) is 0. The maximum atomic E-state index is 7.15. The molecular formula is C23H21Cl2N3O2S. The fraction of sp³-hybridized carbons (Fsp3) is 0.391. The molecule has 2 aliphatic rings. The minimum absolute atomic E-state index is 0.174. The highest BCUT2D eigenvalue weighted by Crippen LogP contribution is 2.46. The summed E-state index contributed by atoms with van der Waals surface area (Å²) in [6.45, 7) is 9.43. The van der Waals surface area contributed by atoms with Gasteiger partial charge < -0.3 is 14.2 Å². The van der Waals surface area contributed by atoms with Crippen LogP contribution < -0.4 is 4.90 Å². The zero-order valence-corrected chi connectivity index (χ0v) is 19.1. The molecular weight excluding hydrogens is 453 g/mol. The van der Waals surface area contributed by atoms with E-state index in [9.17, 15) is 0 Å². The minimum Gasteiger partial charge on any atom is -0.373 e. The first-order chi connectivity index (χ1) is 15.1. The predicted octanol–water partition coefficient (Wildman–Crippen LogP) is 7.32. The van der Waals surface area contributed by atoms with Gasteiger partial charge in [0, 0.05) is 30.1 Å². The van der Waals surface area contributed by atoms with E-state index in [1.54, 1.807) is 11.3 Å². The Kier molecular flexibility index (Phi) is 5.94. The molecule has 0 radical (unpaired) electrons. The highest BCUT2D eigenvalue weighted by atomic mass is 35.5. The van der Waals surface area contributed by atoms with Gasteiger partial charge in [-0.25, -0.2) is 4.85 Å². The average Bonchev–Trinajstić information content (AvgIpc) is 3.36. The predicted molar refractivity (Wildman–Crippen MR) is 125 cm³/mol. The monoisotopic (exact) mass is 473 g/mol. The van der Waals surface area contributed by atoms with E-state index in [0.29, 0.717) is 39.5 Å². The average molecular weight is 474 g/mol. The van der Waals surface area contributed by atoms with Crippen LogP contribution in [0.4, 0.5) is 10.7 Å². The van der Waals surface area contributed by atoms with Crippen molar-refractivity contribution in [3.8, 4) is 11.3 Å². The normalized spacial score (nSPS) is 17.1. The van der Waals surface area contributed by atoms with Gasteiger partial charge >= 0.3 is 0 Å². The van der Waals surface area contributed by atoms with Crippen LogP contribution in [0.25, 0.3) is 16.1 Å². The van der Waals surface area contributed by atoms with E-state index in [0.717, 1.165) is 55.1 Å². The fourth-order valence-corrected chi connectivity index (χ4v) is 5.49. The number of hydrogen-bond acceptors (Lipinski definition) is 5. The molecule has 5 rings (SSSR count). The maximum absolute atomic E-state index is 7.15. The highest BCUT2D eigenvalue weighted by Gasteiger charge is 2.34. The van der Waals surface area contributed by atoms with Crippen molar-refractivity contribution in [2.45, 2.75) is 44.3 Å². The first-order valence-corrected chi connectivity index (χ1v) is 12.0. The topological polar surface area (TPSA) is 42.9 Å². The van der Waals surface area contributed by atoms with Gasteiger partial charge in [-0.2, -0.15) is 0 Å². The Morgan fingerprint density at radius 3 is 2.58 bits per heavy atom. The number of halogens is 2. The zero-order chi connectivity index (χ0) is 21.4. The SMILES string of the molecule is [C-]#[N+]c1csc(N2CCC(OCc3c(-c4c(Cl)cccc4Cl)noc3C3CC3)CC2)c1. The molecule has 0 bridgehead atoms. The smallest absolute Gasteiger partial charge is 0.199 e. The van der Waals surface area contributed by atoms with Gasteiger partial charge in [0.25, 0.3) is 0 Å². The number of piperidine rings is 1. The third kappa shape index (κ3) is 4.33. The van der Waals surface area contributed by atoms with Gasteiger partial charge in [-0.15, -0.1) is 11.3 Å². The van der Waals surface area contributed by atoms with Crippen molar-refractivity contribution in [3.63, 3.8) is 0 Å². The second kappa shape index (κ2) is 8.84. The lowest BCUT2D eigenvalue weighted by atomic mass is 10.0. The first-order valence-electron chi connectivity index (χ1n) is 10.4. The van der Waals surface area contributed by atoms with Gasteiger partial charge in [0.05, 0.1) is 34.3 Å². The van der Waals surface area contributed by atoms with Gasteiger partial charge in [-0.1, -0.05) is 34.4 Å². The van der Waals surface area contributed by atoms with Crippen molar-refractivity contribution < 1.29 is 9.26 Å². The zero-order valence-electron chi connectivity index (χ0n) is 16.8. The Labute approximate surface area is 195 Å². The molecule has 0 spiro atoms. The van der Waals surface area contributed by atoms with E-state index in [1.165, 1.54) is 0 Å². The molecule has 1 aliphatic heterocycles. The molecule has 8 heteroatoms. The van der Waals surface area contributed by atoms with Crippen molar-refractivity contribution in [1.82, 2.24) is 5.16 Å². The molecule has 0 atom stereocenters. The molecule has 0 N–H and O–H groups in total. The van der Waals surface area contributed by atoms with Gasteiger partial charge in [0.2, 0.25) is 0 Å². The highest BCUT2D eigenvalue weighted by molar-refractivity contribution is 7.14. The standard InChI is InChI=1S/C23H21Cl2N3O2S/c1-26-15-11-20(31-13-15)28-9-7-16(8-10-28)29-12-17-22(27-30-23(17)14-5-6-14)21-18(24)3-2-4-19(21)25/h2-4,11,13-14,16H,5-10,12H2. The molecule has 0 amide bonds. The van der Waals surface area contributed by atoms with E-state index >= 15 is 0 Å². The van der Waals surface area contributed by atoms with Crippen LogP contribution in [0.5, 0.6) is 0 Å². The second-order valence-corrected chi connectivity index (χ2v) is 9.70. The number of benzene rings is 1. The van der Waals surface area contributed by atoms with E-state index in [-0.39, 0.29) is 6.10 Å².